The molecule has 0 spiro atoms. The van der Waals surface area contributed by atoms with Crippen LogP contribution in [0.25, 0.3) is 0 Å². The van der Waals surface area contributed by atoms with Crippen molar-refractivity contribution in [1.82, 2.24) is 0 Å². The fourth-order valence-electron chi connectivity index (χ4n) is 3.11. The maximum absolute atomic E-state index is 12.6. The Bertz CT molecular complexity index is 985. The number of benzene rings is 2. The predicted molar refractivity (Wildman–Crippen MR) is 104 cm³/mol. The van der Waals surface area contributed by atoms with Crippen molar-refractivity contribution in [2.24, 2.45) is 17.8 Å². The molecule has 2 aromatic rings. The Hall–Kier alpha value is -2.98. The number of carbonyl (C=O) groups excluding carboxylic acids is 1. The summed E-state index contributed by atoms with van der Waals surface area (Å²) in [5.74, 6) is -1.51. The third kappa shape index (κ3) is 5.14. The van der Waals surface area contributed by atoms with E-state index in [4.69, 9.17) is 21.1 Å². The van der Waals surface area contributed by atoms with E-state index >= 15 is 0 Å². The van der Waals surface area contributed by atoms with E-state index in [2.05, 4.69) is 0 Å². The molecule has 3 rings (SSSR count). The fourth-order valence-corrected chi connectivity index (χ4v) is 3.26. The number of carbonyl (C=O) groups is 1. The van der Waals surface area contributed by atoms with Gasteiger partial charge in [-0.15, -0.1) is 0 Å². The number of halogens is 4. The van der Waals surface area contributed by atoms with E-state index in [0.29, 0.717) is 17.1 Å². The van der Waals surface area contributed by atoms with Gasteiger partial charge in [0.05, 0.1) is 5.92 Å². The van der Waals surface area contributed by atoms with Gasteiger partial charge < -0.3 is 9.47 Å². The third-order valence-electron chi connectivity index (χ3n) is 4.82. The molecular weight excluding hydrogens is 419 g/mol. The number of allylic oxidation sites excluding steroid dienone is 2. The van der Waals surface area contributed by atoms with Gasteiger partial charge in [0.2, 0.25) is 6.10 Å². The molecule has 0 N–H and O–H groups in total. The number of rotatable bonds is 6. The minimum Gasteiger partial charge on any atom is -0.457 e. The highest BCUT2D eigenvalue weighted by Crippen LogP contribution is 2.50. The largest absolute Gasteiger partial charge is 0.457 e. The summed E-state index contributed by atoms with van der Waals surface area (Å²) in [4.78, 5) is 12.4. The molecule has 30 heavy (non-hydrogen) atoms. The SMILES string of the molecule is CC1[C@@H](C(=O)O[C@@H](C#N)c2cccc(Oc3ccccc3)c2)[C@H]1/C=C(\Cl)C(F)(F)F. The molecule has 2 aromatic carbocycles. The van der Waals surface area contributed by atoms with Gasteiger partial charge in [-0.25, -0.2) is 0 Å². The number of esters is 1. The summed E-state index contributed by atoms with van der Waals surface area (Å²) in [7, 11) is 0. The van der Waals surface area contributed by atoms with E-state index in [-0.39, 0.29) is 5.92 Å². The van der Waals surface area contributed by atoms with Crippen LogP contribution < -0.4 is 4.74 Å². The van der Waals surface area contributed by atoms with Crippen LogP contribution in [-0.4, -0.2) is 12.1 Å². The Kier molecular flexibility index (Phi) is 6.37. The lowest BCUT2D eigenvalue weighted by Gasteiger charge is -2.13. The van der Waals surface area contributed by atoms with Crippen molar-refractivity contribution in [3.8, 4) is 17.6 Å². The number of nitrogens with zero attached hydrogens (tertiary/aromatic N) is 1. The molecule has 0 bridgehead atoms. The Morgan fingerprint density at radius 1 is 1.17 bits per heavy atom. The molecule has 0 heterocycles. The second-order valence-electron chi connectivity index (χ2n) is 6.91. The van der Waals surface area contributed by atoms with Crippen molar-refractivity contribution in [2.75, 3.05) is 0 Å². The van der Waals surface area contributed by atoms with Crippen LogP contribution in [0.15, 0.2) is 65.7 Å². The number of para-hydroxylation sites is 1. The van der Waals surface area contributed by atoms with Crippen molar-refractivity contribution >= 4 is 17.6 Å². The molecule has 8 heteroatoms. The number of nitriles is 1. The van der Waals surface area contributed by atoms with E-state index in [1.165, 1.54) is 0 Å². The molecule has 1 aliphatic carbocycles. The molecule has 0 saturated heterocycles. The molecule has 0 amide bonds. The molecule has 1 fully saturated rings. The van der Waals surface area contributed by atoms with Crippen LogP contribution in [0.5, 0.6) is 11.5 Å². The van der Waals surface area contributed by atoms with E-state index in [9.17, 15) is 23.2 Å². The quantitative estimate of drug-likeness (QED) is 0.510. The van der Waals surface area contributed by atoms with Gasteiger partial charge in [0.1, 0.15) is 22.6 Å². The summed E-state index contributed by atoms with van der Waals surface area (Å²) in [5.41, 5.74) is 0.396. The van der Waals surface area contributed by atoms with E-state index < -0.39 is 35.1 Å². The number of alkyl halides is 3. The van der Waals surface area contributed by atoms with Gasteiger partial charge >= 0.3 is 12.1 Å². The first-order valence-electron chi connectivity index (χ1n) is 9.08. The fraction of sp³-hybridized carbons (Fsp3) is 0.273. The van der Waals surface area contributed by atoms with Gasteiger partial charge in [-0.2, -0.15) is 18.4 Å². The van der Waals surface area contributed by atoms with Crippen LogP contribution in [0.3, 0.4) is 0 Å². The maximum Gasteiger partial charge on any atom is 0.426 e. The van der Waals surface area contributed by atoms with Gasteiger partial charge in [0.15, 0.2) is 0 Å². The molecule has 156 valence electrons. The lowest BCUT2D eigenvalue weighted by atomic mass is 10.1. The number of hydrogen-bond acceptors (Lipinski definition) is 4. The Morgan fingerprint density at radius 3 is 2.47 bits per heavy atom. The van der Waals surface area contributed by atoms with Gasteiger partial charge in [-0.3, -0.25) is 4.79 Å². The summed E-state index contributed by atoms with van der Waals surface area (Å²) in [6.45, 7) is 1.63. The zero-order valence-corrected chi connectivity index (χ0v) is 16.5. The first-order valence-corrected chi connectivity index (χ1v) is 9.46. The first kappa shape index (κ1) is 21.7. The minimum absolute atomic E-state index is 0.360. The summed E-state index contributed by atoms with van der Waals surface area (Å²) in [6.07, 6.45) is -5.05. The summed E-state index contributed by atoms with van der Waals surface area (Å²) < 4.78 is 48.8. The molecule has 1 saturated carbocycles. The van der Waals surface area contributed by atoms with Crippen molar-refractivity contribution in [3.05, 3.63) is 71.3 Å². The highest BCUT2D eigenvalue weighted by atomic mass is 35.5. The number of ether oxygens (including phenoxy) is 2. The first-order chi connectivity index (χ1) is 14.2. The van der Waals surface area contributed by atoms with Crippen LogP contribution in [0.1, 0.15) is 18.6 Å². The molecule has 0 radical (unpaired) electrons. The topological polar surface area (TPSA) is 59.3 Å². The van der Waals surface area contributed by atoms with Crippen LogP contribution in [-0.2, 0) is 9.53 Å². The average Bonchev–Trinajstić information content (AvgIpc) is 3.35. The van der Waals surface area contributed by atoms with E-state index in [1.807, 2.05) is 24.3 Å². The maximum atomic E-state index is 12.6. The third-order valence-corrected chi connectivity index (χ3v) is 5.16. The molecular formula is C22H17ClF3NO3. The normalized spacial score (nSPS) is 22.0. The van der Waals surface area contributed by atoms with Gasteiger partial charge in [-0.1, -0.05) is 54.9 Å². The average molecular weight is 436 g/mol. The Morgan fingerprint density at radius 2 is 1.83 bits per heavy atom. The molecule has 0 aliphatic heterocycles. The summed E-state index contributed by atoms with van der Waals surface area (Å²) in [6, 6.07) is 17.4. The monoisotopic (exact) mass is 435 g/mol. The smallest absolute Gasteiger partial charge is 0.426 e. The van der Waals surface area contributed by atoms with Crippen molar-refractivity contribution in [2.45, 2.75) is 19.2 Å². The van der Waals surface area contributed by atoms with Gasteiger partial charge in [-0.05, 0) is 36.1 Å². The highest BCUT2D eigenvalue weighted by molar-refractivity contribution is 6.30. The van der Waals surface area contributed by atoms with Gasteiger partial charge in [0, 0.05) is 5.56 Å². The Balaban J connectivity index is 1.68. The zero-order chi connectivity index (χ0) is 21.9. The van der Waals surface area contributed by atoms with Crippen LogP contribution >= 0.6 is 11.6 Å². The summed E-state index contributed by atoms with van der Waals surface area (Å²) >= 11 is 5.26. The van der Waals surface area contributed by atoms with Crippen LogP contribution in [0, 0.1) is 29.1 Å². The van der Waals surface area contributed by atoms with Crippen molar-refractivity contribution < 1.29 is 27.4 Å². The predicted octanol–water partition coefficient (Wildman–Crippen LogP) is 6.15. The minimum atomic E-state index is -4.66. The second-order valence-corrected chi connectivity index (χ2v) is 7.32. The molecule has 1 unspecified atom stereocenters. The molecule has 4 atom stereocenters. The Labute approximate surface area is 176 Å². The van der Waals surface area contributed by atoms with E-state index in [0.717, 1.165) is 6.08 Å². The highest BCUT2D eigenvalue weighted by Gasteiger charge is 2.53. The molecule has 4 nitrogen and oxygen atoms in total. The van der Waals surface area contributed by atoms with E-state index in [1.54, 1.807) is 43.3 Å². The van der Waals surface area contributed by atoms with Gasteiger partial charge in [0.25, 0.3) is 0 Å². The zero-order valence-electron chi connectivity index (χ0n) is 15.8. The van der Waals surface area contributed by atoms with Crippen LogP contribution in [0.4, 0.5) is 13.2 Å². The molecule has 1 aliphatic rings. The standard InChI is InChI=1S/C22H17ClF3NO3/c1-13-17(11-19(23)22(24,25)26)20(13)21(28)30-18(12-27)14-6-5-9-16(10-14)29-15-7-3-2-4-8-15/h2-11,13,17-18,20H,1H3/b19-11-/t13?,17-,18-,20+/m0/s1. The molecule has 0 aromatic heterocycles. The van der Waals surface area contributed by atoms with Crippen LogP contribution in [0.2, 0.25) is 0 Å². The lowest BCUT2D eigenvalue weighted by molar-refractivity contribution is -0.149. The van der Waals surface area contributed by atoms with Crippen molar-refractivity contribution in [3.63, 3.8) is 0 Å². The second kappa shape index (κ2) is 8.80. The summed E-state index contributed by atoms with van der Waals surface area (Å²) in [5, 5.41) is 8.18. The lowest BCUT2D eigenvalue weighted by Crippen LogP contribution is -2.13. The van der Waals surface area contributed by atoms with Crippen molar-refractivity contribution in [1.29, 1.82) is 5.26 Å². The number of hydrogen-bond donors (Lipinski definition) is 0.